The van der Waals surface area contributed by atoms with Crippen LogP contribution in [-0.2, 0) is 16.6 Å². The molecule has 5 heteroatoms. The van der Waals surface area contributed by atoms with Crippen LogP contribution in [0.1, 0.15) is 38.7 Å². The standard InChI is InChI=1S/C14H24N2O2S/c1-3-5-6-10-16-19(17,18)14-9-7-8-13(11-14)12-15-4-2/h7-9,11,15-16H,3-6,10,12H2,1-2H3. The van der Waals surface area contributed by atoms with Crippen molar-refractivity contribution in [2.75, 3.05) is 13.1 Å². The Hall–Kier alpha value is -0.910. The summed E-state index contributed by atoms with van der Waals surface area (Å²) in [7, 11) is -3.37. The highest BCUT2D eigenvalue weighted by Gasteiger charge is 2.13. The minimum atomic E-state index is -3.37. The number of unbranched alkanes of at least 4 members (excludes halogenated alkanes) is 2. The van der Waals surface area contributed by atoms with E-state index in [1.54, 1.807) is 18.2 Å². The predicted molar refractivity (Wildman–Crippen MR) is 78.5 cm³/mol. The van der Waals surface area contributed by atoms with Gasteiger partial charge in [-0.25, -0.2) is 13.1 Å². The van der Waals surface area contributed by atoms with Crippen molar-refractivity contribution in [2.24, 2.45) is 0 Å². The van der Waals surface area contributed by atoms with Crippen LogP contribution in [0, 0.1) is 0 Å². The van der Waals surface area contributed by atoms with E-state index < -0.39 is 10.0 Å². The van der Waals surface area contributed by atoms with Gasteiger partial charge in [-0.15, -0.1) is 0 Å². The zero-order valence-corrected chi connectivity index (χ0v) is 12.6. The van der Waals surface area contributed by atoms with E-state index in [0.29, 0.717) is 18.0 Å². The molecule has 19 heavy (non-hydrogen) atoms. The largest absolute Gasteiger partial charge is 0.313 e. The third-order valence-electron chi connectivity index (χ3n) is 2.86. The van der Waals surface area contributed by atoms with Crippen molar-refractivity contribution < 1.29 is 8.42 Å². The second-order valence-electron chi connectivity index (χ2n) is 4.53. The number of rotatable bonds is 9. The van der Waals surface area contributed by atoms with Gasteiger partial charge in [-0.3, -0.25) is 0 Å². The molecule has 0 radical (unpaired) electrons. The molecular formula is C14H24N2O2S. The van der Waals surface area contributed by atoms with Crippen LogP contribution < -0.4 is 10.0 Å². The molecule has 0 spiro atoms. The van der Waals surface area contributed by atoms with Crippen LogP contribution >= 0.6 is 0 Å². The van der Waals surface area contributed by atoms with Crippen LogP contribution in [0.4, 0.5) is 0 Å². The Morgan fingerprint density at radius 2 is 1.95 bits per heavy atom. The highest BCUT2D eigenvalue weighted by molar-refractivity contribution is 7.89. The summed E-state index contributed by atoms with van der Waals surface area (Å²) in [6, 6.07) is 7.08. The molecule has 0 aliphatic carbocycles. The molecule has 0 saturated heterocycles. The molecule has 2 N–H and O–H groups in total. The summed E-state index contributed by atoms with van der Waals surface area (Å²) in [6.07, 6.45) is 3.01. The van der Waals surface area contributed by atoms with Crippen molar-refractivity contribution in [3.63, 3.8) is 0 Å². The summed E-state index contributed by atoms with van der Waals surface area (Å²) < 4.78 is 26.8. The molecule has 0 unspecified atom stereocenters. The summed E-state index contributed by atoms with van der Waals surface area (Å²) in [5.41, 5.74) is 0.985. The maximum absolute atomic E-state index is 12.1. The predicted octanol–water partition coefficient (Wildman–Crippen LogP) is 2.26. The van der Waals surface area contributed by atoms with Crippen LogP contribution in [0.15, 0.2) is 29.2 Å². The lowest BCUT2D eigenvalue weighted by Crippen LogP contribution is -2.25. The number of hydrogen-bond donors (Lipinski definition) is 2. The highest BCUT2D eigenvalue weighted by Crippen LogP contribution is 2.11. The summed E-state index contributed by atoms with van der Waals surface area (Å²) in [6.45, 7) is 6.18. The van der Waals surface area contributed by atoms with E-state index >= 15 is 0 Å². The quantitative estimate of drug-likeness (QED) is 0.684. The Morgan fingerprint density at radius 1 is 1.16 bits per heavy atom. The van der Waals surface area contributed by atoms with E-state index in [4.69, 9.17) is 0 Å². The number of benzene rings is 1. The van der Waals surface area contributed by atoms with Crippen LogP contribution in [0.25, 0.3) is 0 Å². The zero-order chi connectivity index (χ0) is 14.1. The molecule has 1 aromatic carbocycles. The third kappa shape index (κ3) is 5.72. The second-order valence-corrected chi connectivity index (χ2v) is 6.30. The molecule has 0 heterocycles. The summed E-state index contributed by atoms with van der Waals surface area (Å²) in [4.78, 5) is 0.347. The number of nitrogens with one attached hydrogen (secondary N) is 2. The van der Waals surface area contributed by atoms with Gasteiger partial charge in [0.15, 0.2) is 0 Å². The fourth-order valence-electron chi connectivity index (χ4n) is 1.76. The molecule has 0 bridgehead atoms. The minimum absolute atomic E-state index is 0.347. The Labute approximate surface area is 116 Å². The van der Waals surface area contributed by atoms with E-state index in [0.717, 1.165) is 31.4 Å². The maximum atomic E-state index is 12.1. The SMILES string of the molecule is CCCCCNS(=O)(=O)c1cccc(CNCC)c1. The van der Waals surface area contributed by atoms with Gasteiger partial charge >= 0.3 is 0 Å². The molecule has 0 fully saturated rings. The molecule has 1 rings (SSSR count). The zero-order valence-electron chi connectivity index (χ0n) is 11.8. The van der Waals surface area contributed by atoms with E-state index in [9.17, 15) is 8.42 Å². The van der Waals surface area contributed by atoms with Crippen molar-refractivity contribution in [3.05, 3.63) is 29.8 Å². The number of hydrogen-bond acceptors (Lipinski definition) is 3. The van der Waals surface area contributed by atoms with Gasteiger partial charge in [0.1, 0.15) is 0 Å². The summed E-state index contributed by atoms with van der Waals surface area (Å²) in [5.74, 6) is 0. The van der Waals surface area contributed by atoms with Crippen LogP contribution in [0.5, 0.6) is 0 Å². The van der Waals surface area contributed by atoms with Crippen LogP contribution in [0.2, 0.25) is 0 Å². The molecule has 1 aromatic rings. The van der Waals surface area contributed by atoms with E-state index in [-0.39, 0.29) is 0 Å². The van der Waals surface area contributed by atoms with Gasteiger partial charge in [0.2, 0.25) is 10.0 Å². The van der Waals surface area contributed by atoms with Gasteiger partial charge in [0.05, 0.1) is 4.90 Å². The van der Waals surface area contributed by atoms with Crippen LogP contribution in [-0.4, -0.2) is 21.5 Å². The van der Waals surface area contributed by atoms with Crippen molar-refractivity contribution in [1.29, 1.82) is 0 Å². The van der Waals surface area contributed by atoms with Gasteiger partial charge in [0.25, 0.3) is 0 Å². The summed E-state index contributed by atoms with van der Waals surface area (Å²) >= 11 is 0. The highest BCUT2D eigenvalue weighted by atomic mass is 32.2. The average molecular weight is 284 g/mol. The fourth-order valence-corrected chi connectivity index (χ4v) is 2.90. The Morgan fingerprint density at radius 3 is 2.63 bits per heavy atom. The maximum Gasteiger partial charge on any atom is 0.240 e. The molecule has 0 saturated carbocycles. The Balaban J connectivity index is 2.66. The van der Waals surface area contributed by atoms with Crippen LogP contribution in [0.3, 0.4) is 0 Å². The molecule has 0 atom stereocenters. The van der Waals surface area contributed by atoms with Crippen molar-refractivity contribution >= 4 is 10.0 Å². The molecule has 108 valence electrons. The first-order chi connectivity index (χ1) is 9.10. The lowest BCUT2D eigenvalue weighted by molar-refractivity contribution is 0.575. The smallest absolute Gasteiger partial charge is 0.240 e. The van der Waals surface area contributed by atoms with E-state index in [1.807, 2.05) is 13.0 Å². The van der Waals surface area contributed by atoms with E-state index in [2.05, 4.69) is 17.0 Å². The average Bonchev–Trinajstić information content (AvgIpc) is 2.42. The van der Waals surface area contributed by atoms with Crippen molar-refractivity contribution in [2.45, 2.75) is 44.6 Å². The molecule has 0 amide bonds. The fraction of sp³-hybridized carbons (Fsp3) is 0.571. The minimum Gasteiger partial charge on any atom is -0.313 e. The first-order valence-corrected chi connectivity index (χ1v) is 8.37. The van der Waals surface area contributed by atoms with Crippen molar-refractivity contribution in [1.82, 2.24) is 10.0 Å². The van der Waals surface area contributed by atoms with Gasteiger partial charge in [-0.2, -0.15) is 0 Å². The molecule has 0 aliphatic rings. The normalized spacial score (nSPS) is 11.7. The number of sulfonamides is 1. The molecule has 0 aromatic heterocycles. The van der Waals surface area contributed by atoms with Gasteiger partial charge in [-0.1, -0.05) is 38.8 Å². The first-order valence-electron chi connectivity index (χ1n) is 6.89. The van der Waals surface area contributed by atoms with Gasteiger partial charge in [-0.05, 0) is 30.7 Å². The second kappa shape index (κ2) is 8.30. The Kier molecular flexibility index (Phi) is 7.05. The molecular weight excluding hydrogens is 260 g/mol. The Bertz CT molecular complexity index is 472. The van der Waals surface area contributed by atoms with E-state index in [1.165, 1.54) is 0 Å². The van der Waals surface area contributed by atoms with Crippen molar-refractivity contribution in [3.8, 4) is 0 Å². The third-order valence-corrected chi connectivity index (χ3v) is 4.32. The monoisotopic (exact) mass is 284 g/mol. The first kappa shape index (κ1) is 16.1. The lowest BCUT2D eigenvalue weighted by Gasteiger charge is -2.08. The molecule has 4 nitrogen and oxygen atoms in total. The van der Waals surface area contributed by atoms with Gasteiger partial charge < -0.3 is 5.32 Å². The van der Waals surface area contributed by atoms with Gasteiger partial charge in [0, 0.05) is 13.1 Å². The lowest BCUT2D eigenvalue weighted by atomic mass is 10.2. The topological polar surface area (TPSA) is 58.2 Å². The summed E-state index contributed by atoms with van der Waals surface area (Å²) in [5, 5.41) is 3.19. The molecule has 0 aliphatic heterocycles.